The zero-order valence-corrected chi connectivity index (χ0v) is 16.4. The molecule has 0 saturated heterocycles. The second kappa shape index (κ2) is 8.83. The average Bonchev–Trinajstić information content (AvgIpc) is 2.75. The predicted octanol–water partition coefficient (Wildman–Crippen LogP) is 2.90. The molecule has 0 spiro atoms. The Bertz CT molecular complexity index is 659. The standard InChI is InChI=1S/C19H30N2O4/c1-8-16(23)21(10-12(3)4)11-15(22)17-13(5)18(19(24)25-9-2)20(7)14(17)6/h12H,8-11H2,1-7H3. The molecule has 1 heterocycles. The van der Waals surface area contributed by atoms with Crippen molar-refractivity contribution in [2.45, 2.75) is 48.0 Å². The minimum Gasteiger partial charge on any atom is -0.461 e. The molecule has 6 nitrogen and oxygen atoms in total. The van der Waals surface area contributed by atoms with Gasteiger partial charge in [-0.2, -0.15) is 0 Å². The van der Waals surface area contributed by atoms with Gasteiger partial charge >= 0.3 is 5.97 Å². The molecule has 0 aliphatic heterocycles. The second-order valence-corrected chi connectivity index (χ2v) is 6.66. The van der Waals surface area contributed by atoms with Gasteiger partial charge in [-0.15, -0.1) is 0 Å². The third-order valence-corrected chi connectivity index (χ3v) is 4.25. The van der Waals surface area contributed by atoms with Gasteiger partial charge in [-0.1, -0.05) is 20.8 Å². The smallest absolute Gasteiger partial charge is 0.355 e. The summed E-state index contributed by atoms with van der Waals surface area (Å²) >= 11 is 0. The lowest BCUT2D eigenvalue weighted by molar-refractivity contribution is -0.130. The molecule has 0 aliphatic rings. The molecule has 1 amide bonds. The fourth-order valence-corrected chi connectivity index (χ4v) is 3.05. The highest BCUT2D eigenvalue weighted by atomic mass is 16.5. The maximum absolute atomic E-state index is 12.9. The van der Waals surface area contributed by atoms with Crippen molar-refractivity contribution in [3.63, 3.8) is 0 Å². The molecule has 0 radical (unpaired) electrons. The highest BCUT2D eigenvalue weighted by Gasteiger charge is 2.27. The van der Waals surface area contributed by atoms with E-state index in [9.17, 15) is 14.4 Å². The molecule has 6 heteroatoms. The summed E-state index contributed by atoms with van der Waals surface area (Å²) < 4.78 is 6.78. The van der Waals surface area contributed by atoms with Crippen LogP contribution in [0.1, 0.15) is 66.2 Å². The van der Waals surface area contributed by atoms with Crippen molar-refractivity contribution >= 4 is 17.7 Å². The van der Waals surface area contributed by atoms with Crippen LogP contribution in [0, 0.1) is 19.8 Å². The number of hydrogen-bond donors (Lipinski definition) is 0. The van der Waals surface area contributed by atoms with Crippen LogP contribution in [-0.4, -0.2) is 46.8 Å². The second-order valence-electron chi connectivity index (χ2n) is 6.66. The average molecular weight is 350 g/mol. The van der Waals surface area contributed by atoms with Gasteiger partial charge in [-0.05, 0) is 32.3 Å². The Balaban J connectivity index is 3.18. The molecule has 0 N–H and O–H groups in total. The summed E-state index contributed by atoms with van der Waals surface area (Å²) in [5, 5.41) is 0. The number of carbonyl (C=O) groups excluding carboxylic acids is 3. The molecule has 0 saturated carbocycles. The number of hydrogen-bond acceptors (Lipinski definition) is 4. The first-order valence-electron chi connectivity index (χ1n) is 8.79. The molecule has 0 atom stereocenters. The van der Waals surface area contributed by atoms with Crippen LogP contribution in [0.5, 0.6) is 0 Å². The normalized spacial score (nSPS) is 10.9. The fourth-order valence-electron chi connectivity index (χ4n) is 3.05. The molecule has 0 unspecified atom stereocenters. The summed E-state index contributed by atoms with van der Waals surface area (Å²) in [6.07, 6.45) is 0.362. The molecule has 0 aromatic carbocycles. The van der Waals surface area contributed by atoms with Crippen LogP contribution < -0.4 is 0 Å². The minimum atomic E-state index is -0.437. The Morgan fingerprint density at radius 1 is 1.16 bits per heavy atom. The SMILES string of the molecule is CCOC(=O)c1c(C)c(C(=O)CN(CC(C)C)C(=O)CC)c(C)n1C. The van der Waals surface area contributed by atoms with Gasteiger partial charge in [0.25, 0.3) is 0 Å². The first-order valence-corrected chi connectivity index (χ1v) is 8.79. The Morgan fingerprint density at radius 2 is 1.76 bits per heavy atom. The van der Waals surface area contributed by atoms with Gasteiger partial charge in [0, 0.05) is 31.3 Å². The lowest BCUT2D eigenvalue weighted by atomic mass is 10.0. The van der Waals surface area contributed by atoms with E-state index in [-0.39, 0.29) is 30.8 Å². The van der Waals surface area contributed by atoms with Crippen molar-refractivity contribution < 1.29 is 19.1 Å². The molecular weight excluding hydrogens is 320 g/mol. The van der Waals surface area contributed by atoms with E-state index in [0.29, 0.717) is 35.5 Å². The summed E-state index contributed by atoms with van der Waals surface area (Å²) in [6, 6.07) is 0. The van der Waals surface area contributed by atoms with Crippen molar-refractivity contribution in [3.05, 3.63) is 22.5 Å². The Hall–Kier alpha value is -2.11. The topological polar surface area (TPSA) is 68.6 Å². The quantitative estimate of drug-likeness (QED) is 0.534. The highest BCUT2D eigenvalue weighted by molar-refractivity contribution is 6.04. The Morgan fingerprint density at radius 3 is 2.24 bits per heavy atom. The lowest BCUT2D eigenvalue weighted by Crippen LogP contribution is -2.38. The third-order valence-electron chi connectivity index (χ3n) is 4.25. The van der Waals surface area contributed by atoms with Gasteiger partial charge in [0.05, 0.1) is 13.2 Å². The molecule has 1 aromatic heterocycles. The number of aromatic nitrogens is 1. The van der Waals surface area contributed by atoms with E-state index >= 15 is 0 Å². The summed E-state index contributed by atoms with van der Waals surface area (Å²) in [6.45, 7) is 12.0. The molecule has 140 valence electrons. The fraction of sp³-hybridized carbons (Fsp3) is 0.632. The summed E-state index contributed by atoms with van der Waals surface area (Å²) in [5.74, 6) is -0.354. The first-order chi connectivity index (χ1) is 11.6. The van der Waals surface area contributed by atoms with Gasteiger partial charge < -0.3 is 14.2 Å². The molecule has 25 heavy (non-hydrogen) atoms. The van der Waals surface area contributed by atoms with Crippen molar-refractivity contribution in [1.82, 2.24) is 9.47 Å². The molecule has 0 fully saturated rings. The number of carbonyl (C=O) groups is 3. The zero-order chi connectivity index (χ0) is 19.3. The Labute approximate surface area is 150 Å². The van der Waals surface area contributed by atoms with Gasteiger partial charge in [-0.25, -0.2) is 4.79 Å². The van der Waals surface area contributed by atoms with Crippen LogP contribution in [0.25, 0.3) is 0 Å². The molecular formula is C19H30N2O4. The summed E-state index contributed by atoms with van der Waals surface area (Å²) in [4.78, 5) is 38.8. The van der Waals surface area contributed by atoms with E-state index in [1.54, 1.807) is 44.2 Å². The van der Waals surface area contributed by atoms with Gasteiger partial charge in [0.1, 0.15) is 5.69 Å². The maximum atomic E-state index is 12.9. The predicted molar refractivity (Wildman–Crippen MR) is 96.9 cm³/mol. The summed E-state index contributed by atoms with van der Waals surface area (Å²) in [7, 11) is 1.74. The highest BCUT2D eigenvalue weighted by Crippen LogP contribution is 2.23. The van der Waals surface area contributed by atoms with Crippen LogP contribution in [-0.2, 0) is 16.6 Å². The Kier molecular flexibility index (Phi) is 7.39. The van der Waals surface area contributed by atoms with E-state index in [1.165, 1.54) is 0 Å². The van der Waals surface area contributed by atoms with Crippen LogP contribution >= 0.6 is 0 Å². The van der Waals surface area contributed by atoms with Crippen molar-refractivity contribution in [1.29, 1.82) is 0 Å². The number of nitrogens with zero attached hydrogens (tertiary/aromatic N) is 2. The number of ketones is 1. The van der Waals surface area contributed by atoms with Crippen molar-refractivity contribution in [2.24, 2.45) is 13.0 Å². The van der Waals surface area contributed by atoms with Crippen LogP contribution in [0.3, 0.4) is 0 Å². The zero-order valence-electron chi connectivity index (χ0n) is 16.4. The summed E-state index contributed by atoms with van der Waals surface area (Å²) in [5.41, 5.74) is 2.21. The largest absolute Gasteiger partial charge is 0.461 e. The van der Waals surface area contributed by atoms with Crippen molar-refractivity contribution in [3.8, 4) is 0 Å². The molecule has 0 aliphatic carbocycles. The van der Waals surface area contributed by atoms with Gasteiger partial charge in [0.15, 0.2) is 5.78 Å². The van der Waals surface area contributed by atoms with Gasteiger partial charge in [-0.3, -0.25) is 9.59 Å². The number of esters is 1. The number of Topliss-reactive ketones (excluding diaryl/α,β-unsaturated/α-hetero) is 1. The van der Waals surface area contributed by atoms with Crippen LogP contribution in [0.4, 0.5) is 0 Å². The number of rotatable bonds is 8. The number of amides is 1. The van der Waals surface area contributed by atoms with E-state index in [4.69, 9.17) is 4.74 Å². The van der Waals surface area contributed by atoms with Crippen LogP contribution in [0.15, 0.2) is 0 Å². The van der Waals surface area contributed by atoms with E-state index in [0.717, 1.165) is 0 Å². The third kappa shape index (κ3) is 4.71. The monoisotopic (exact) mass is 350 g/mol. The van der Waals surface area contributed by atoms with E-state index < -0.39 is 5.97 Å². The van der Waals surface area contributed by atoms with Gasteiger partial charge in [0.2, 0.25) is 5.91 Å². The van der Waals surface area contributed by atoms with Crippen molar-refractivity contribution in [2.75, 3.05) is 19.7 Å². The van der Waals surface area contributed by atoms with E-state index in [1.807, 2.05) is 13.8 Å². The van der Waals surface area contributed by atoms with Crippen LogP contribution in [0.2, 0.25) is 0 Å². The van der Waals surface area contributed by atoms with E-state index in [2.05, 4.69) is 0 Å². The molecule has 1 aromatic rings. The first kappa shape index (κ1) is 20.9. The number of ether oxygens (including phenoxy) is 1. The maximum Gasteiger partial charge on any atom is 0.355 e. The lowest BCUT2D eigenvalue weighted by Gasteiger charge is -2.23. The molecule has 0 bridgehead atoms. The minimum absolute atomic E-state index is 0.0266. The molecule has 1 rings (SSSR count).